The molecule has 5 atom stereocenters. The van der Waals surface area contributed by atoms with Crippen LogP contribution in [-0.2, 0) is 4.79 Å². The zero-order chi connectivity index (χ0) is 21.1. The zero-order valence-corrected chi connectivity index (χ0v) is 18.1. The average molecular weight is 408 g/mol. The van der Waals surface area contributed by atoms with Gasteiger partial charge in [-0.2, -0.15) is 0 Å². The lowest BCUT2D eigenvalue weighted by molar-refractivity contribution is -0.121. The molecule has 0 spiro atoms. The number of aliphatic hydroxyl groups is 3. The normalized spacial score (nSPS) is 27.2. The number of aliphatic hydroxyl groups excluding tert-OH is 3. The van der Waals surface area contributed by atoms with Gasteiger partial charge in [0.05, 0.1) is 12.2 Å². The molecule has 1 fully saturated rings. The van der Waals surface area contributed by atoms with Crippen molar-refractivity contribution in [3.63, 3.8) is 0 Å². The minimum atomic E-state index is -0.398. The number of hydrogen-bond acceptors (Lipinski definition) is 4. The van der Waals surface area contributed by atoms with Crippen LogP contribution >= 0.6 is 0 Å². The highest BCUT2D eigenvalue weighted by Crippen LogP contribution is 2.48. The Balaban J connectivity index is 1.69. The predicted molar refractivity (Wildman–Crippen MR) is 116 cm³/mol. The smallest absolute Gasteiger partial charge is 0.219 e. The Hall–Kier alpha value is -1.17. The van der Waals surface area contributed by atoms with Gasteiger partial charge in [0.15, 0.2) is 0 Å². The van der Waals surface area contributed by atoms with E-state index < -0.39 is 6.10 Å². The summed E-state index contributed by atoms with van der Waals surface area (Å²) >= 11 is 0. The summed E-state index contributed by atoms with van der Waals surface area (Å²) in [6.07, 6.45) is 15.7. The molecule has 4 N–H and O–H groups in total. The van der Waals surface area contributed by atoms with Crippen LogP contribution in [0.25, 0.3) is 0 Å². The van der Waals surface area contributed by atoms with Crippen molar-refractivity contribution in [3.05, 3.63) is 23.8 Å². The fourth-order valence-electron chi connectivity index (χ4n) is 4.78. The second-order valence-corrected chi connectivity index (χ2v) is 8.82. The fraction of sp³-hybridized carbons (Fsp3) is 0.792. The topological polar surface area (TPSA) is 89.8 Å². The van der Waals surface area contributed by atoms with Crippen LogP contribution in [0.15, 0.2) is 23.8 Å². The van der Waals surface area contributed by atoms with Crippen LogP contribution in [-0.4, -0.2) is 46.6 Å². The van der Waals surface area contributed by atoms with Crippen LogP contribution in [0.4, 0.5) is 0 Å². The van der Waals surface area contributed by atoms with E-state index in [1.54, 1.807) is 0 Å². The van der Waals surface area contributed by atoms with Crippen LogP contribution in [0.5, 0.6) is 0 Å². The lowest BCUT2D eigenvalue weighted by Gasteiger charge is -2.19. The van der Waals surface area contributed by atoms with Crippen molar-refractivity contribution in [1.29, 1.82) is 0 Å². The molecule has 29 heavy (non-hydrogen) atoms. The summed E-state index contributed by atoms with van der Waals surface area (Å²) in [5, 5.41) is 32.2. The van der Waals surface area contributed by atoms with Gasteiger partial charge in [-0.3, -0.25) is 4.79 Å². The SMILES string of the molecule is CCCCC[C@H](O)/C=C/[C@@H]1[C@H]2CC(CCCCC(=O)NCCCO)=C[C@H]2C[C@H]1O. The molecule has 2 aliphatic carbocycles. The third-order valence-corrected chi connectivity index (χ3v) is 6.42. The van der Waals surface area contributed by atoms with Gasteiger partial charge in [-0.15, -0.1) is 0 Å². The van der Waals surface area contributed by atoms with Crippen molar-refractivity contribution in [1.82, 2.24) is 5.32 Å². The van der Waals surface area contributed by atoms with Crippen LogP contribution in [0.1, 0.15) is 77.6 Å². The van der Waals surface area contributed by atoms with Gasteiger partial charge in [0.2, 0.25) is 5.91 Å². The molecule has 0 aromatic carbocycles. The quantitative estimate of drug-likeness (QED) is 0.262. The number of hydrogen-bond donors (Lipinski definition) is 4. The Morgan fingerprint density at radius 2 is 2.10 bits per heavy atom. The maximum absolute atomic E-state index is 11.7. The number of nitrogens with one attached hydrogen (secondary N) is 1. The van der Waals surface area contributed by atoms with Gasteiger partial charge in [-0.05, 0) is 56.8 Å². The molecule has 0 heterocycles. The van der Waals surface area contributed by atoms with Crippen molar-refractivity contribution in [2.75, 3.05) is 13.2 Å². The Bertz CT molecular complexity index is 545. The third kappa shape index (κ3) is 8.23. The zero-order valence-electron chi connectivity index (χ0n) is 18.1. The van der Waals surface area contributed by atoms with E-state index in [9.17, 15) is 15.0 Å². The molecule has 0 unspecified atom stereocenters. The Morgan fingerprint density at radius 1 is 1.28 bits per heavy atom. The molecule has 0 saturated heterocycles. The Morgan fingerprint density at radius 3 is 2.86 bits per heavy atom. The van der Waals surface area contributed by atoms with E-state index in [0.29, 0.717) is 31.2 Å². The maximum atomic E-state index is 11.7. The summed E-state index contributed by atoms with van der Waals surface area (Å²) in [4.78, 5) is 11.7. The van der Waals surface area contributed by atoms with Crippen molar-refractivity contribution in [2.24, 2.45) is 17.8 Å². The van der Waals surface area contributed by atoms with Gasteiger partial charge < -0.3 is 20.6 Å². The van der Waals surface area contributed by atoms with Gasteiger partial charge in [0, 0.05) is 25.5 Å². The standard InChI is InChI=1S/C24H41NO4/c1-2-3-4-9-20(27)11-12-21-22-16-18(15-19(22)17-23(21)28)8-5-6-10-24(29)25-13-7-14-26/h11-12,15,19-23,26-28H,2-10,13-14,16-17H2,1H3,(H,25,29)/b12-11+/t19-,20-,21+,22-,23+/m0/s1. The summed E-state index contributed by atoms with van der Waals surface area (Å²) in [5.74, 6) is 1.13. The Labute approximate surface area is 176 Å². The molecule has 0 bridgehead atoms. The molecule has 0 radical (unpaired) electrons. The van der Waals surface area contributed by atoms with Gasteiger partial charge in [-0.25, -0.2) is 0 Å². The first-order valence-electron chi connectivity index (χ1n) is 11.7. The highest BCUT2D eigenvalue weighted by atomic mass is 16.3. The van der Waals surface area contributed by atoms with E-state index >= 15 is 0 Å². The van der Waals surface area contributed by atoms with Gasteiger partial charge in [0.1, 0.15) is 0 Å². The maximum Gasteiger partial charge on any atom is 0.219 e. The second-order valence-electron chi connectivity index (χ2n) is 8.82. The van der Waals surface area contributed by atoms with Crippen LogP contribution in [0.2, 0.25) is 0 Å². The predicted octanol–water partition coefficient (Wildman–Crippen LogP) is 3.49. The summed E-state index contributed by atoms with van der Waals surface area (Å²) in [5.41, 5.74) is 1.47. The monoisotopic (exact) mass is 407 g/mol. The van der Waals surface area contributed by atoms with Crippen molar-refractivity contribution >= 4 is 5.91 Å². The van der Waals surface area contributed by atoms with Crippen molar-refractivity contribution in [3.8, 4) is 0 Å². The fourth-order valence-corrected chi connectivity index (χ4v) is 4.78. The number of carbonyl (C=O) groups excluding carboxylic acids is 1. The minimum Gasteiger partial charge on any atom is -0.396 e. The molecule has 2 aliphatic rings. The molecule has 5 heteroatoms. The van der Waals surface area contributed by atoms with Crippen molar-refractivity contribution < 1.29 is 20.1 Å². The van der Waals surface area contributed by atoms with Crippen molar-refractivity contribution in [2.45, 2.75) is 89.8 Å². The first-order valence-corrected chi connectivity index (χ1v) is 11.7. The lowest BCUT2D eigenvalue weighted by Crippen LogP contribution is -2.24. The van der Waals surface area contributed by atoms with Gasteiger partial charge in [-0.1, -0.05) is 50.0 Å². The number of unbranched alkanes of at least 4 members (excludes halogenated alkanes) is 3. The molecule has 1 amide bonds. The van der Waals surface area contributed by atoms with Gasteiger partial charge in [0.25, 0.3) is 0 Å². The minimum absolute atomic E-state index is 0.0709. The van der Waals surface area contributed by atoms with E-state index in [1.807, 2.05) is 6.08 Å². The largest absolute Gasteiger partial charge is 0.396 e. The molecular formula is C24H41NO4. The molecule has 0 aliphatic heterocycles. The molecule has 0 aromatic rings. The van der Waals surface area contributed by atoms with E-state index in [2.05, 4.69) is 24.4 Å². The number of carbonyl (C=O) groups is 1. The summed E-state index contributed by atoms with van der Waals surface area (Å²) in [6.45, 7) is 2.82. The number of amides is 1. The third-order valence-electron chi connectivity index (χ3n) is 6.42. The number of rotatable bonds is 14. The molecule has 2 rings (SSSR count). The summed E-state index contributed by atoms with van der Waals surface area (Å²) in [6, 6.07) is 0. The molecule has 1 saturated carbocycles. The van der Waals surface area contributed by atoms with E-state index in [0.717, 1.165) is 57.8 Å². The molecule has 5 nitrogen and oxygen atoms in total. The van der Waals surface area contributed by atoms with Crippen LogP contribution in [0.3, 0.4) is 0 Å². The summed E-state index contributed by atoms with van der Waals surface area (Å²) < 4.78 is 0. The molecular weight excluding hydrogens is 366 g/mol. The highest BCUT2D eigenvalue weighted by Gasteiger charge is 2.43. The second kappa shape index (κ2) is 13.2. The van der Waals surface area contributed by atoms with E-state index in [-0.39, 0.29) is 24.5 Å². The Kier molecular flexibility index (Phi) is 11.0. The van der Waals surface area contributed by atoms with E-state index in [1.165, 1.54) is 5.57 Å². The number of allylic oxidation sites excluding steroid dienone is 2. The molecule has 0 aromatic heterocycles. The number of fused-ring (bicyclic) bond motifs is 1. The lowest BCUT2D eigenvalue weighted by atomic mass is 9.88. The highest BCUT2D eigenvalue weighted by molar-refractivity contribution is 5.75. The average Bonchev–Trinajstić information content (AvgIpc) is 3.20. The molecule has 166 valence electrons. The first kappa shape index (κ1) is 24.1. The van der Waals surface area contributed by atoms with Crippen LogP contribution < -0.4 is 5.32 Å². The summed E-state index contributed by atoms with van der Waals surface area (Å²) in [7, 11) is 0. The van der Waals surface area contributed by atoms with E-state index in [4.69, 9.17) is 5.11 Å². The van der Waals surface area contributed by atoms with Gasteiger partial charge >= 0.3 is 0 Å². The van der Waals surface area contributed by atoms with Crippen LogP contribution in [0, 0.1) is 17.8 Å². The first-order chi connectivity index (χ1) is 14.0.